The van der Waals surface area contributed by atoms with Crippen LogP contribution in [0.1, 0.15) is 6.42 Å². The van der Waals surface area contributed by atoms with Crippen molar-refractivity contribution in [1.29, 1.82) is 0 Å². The van der Waals surface area contributed by atoms with E-state index in [1.165, 1.54) is 7.05 Å². The van der Waals surface area contributed by atoms with Crippen molar-refractivity contribution in [1.82, 2.24) is 9.62 Å². The zero-order chi connectivity index (χ0) is 12.3. The molecule has 3 N–H and O–H groups in total. The highest BCUT2D eigenvalue weighted by Crippen LogP contribution is 2.12. The average Bonchev–Trinajstić information content (AvgIpc) is 2.60. The highest BCUT2D eigenvalue weighted by molar-refractivity contribution is 7.89. The number of carbonyl (C=O) groups is 1. The van der Waals surface area contributed by atoms with Crippen molar-refractivity contribution in [3.05, 3.63) is 0 Å². The summed E-state index contributed by atoms with van der Waals surface area (Å²) in [5.74, 6) is -1.59. The number of nitrogens with one attached hydrogen (secondary N) is 1. The third kappa shape index (κ3) is 3.14. The Morgan fingerprint density at radius 2 is 2.12 bits per heavy atom. The third-order valence-electron chi connectivity index (χ3n) is 2.63. The number of hydrogen-bond donors (Lipinski definition) is 3. The Bertz CT molecular complexity index is 355. The lowest BCUT2D eigenvalue weighted by Crippen LogP contribution is -2.45. The number of sulfonamides is 1. The molecule has 8 heteroatoms. The summed E-state index contributed by atoms with van der Waals surface area (Å²) in [5.41, 5.74) is 0. The standard InChI is InChI=1S/C8H16N2O5S/c1-10(6-4-9-5-7(6)11)16(14,15)3-2-8(12)13/h6-7,9,11H,2-5H2,1H3,(H,12,13)/t6-,7-/m1/s1. The van der Waals surface area contributed by atoms with Crippen molar-refractivity contribution in [3.63, 3.8) is 0 Å². The molecule has 0 saturated carbocycles. The van der Waals surface area contributed by atoms with Crippen molar-refractivity contribution in [2.24, 2.45) is 0 Å². The lowest BCUT2D eigenvalue weighted by molar-refractivity contribution is -0.136. The minimum Gasteiger partial charge on any atom is -0.481 e. The molecule has 1 aliphatic heterocycles. The molecule has 2 atom stereocenters. The van der Waals surface area contributed by atoms with Crippen LogP contribution < -0.4 is 5.32 Å². The van der Waals surface area contributed by atoms with Gasteiger partial charge in [0.2, 0.25) is 10.0 Å². The predicted molar refractivity (Wildman–Crippen MR) is 56.5 cm³/mol. The monoisotopic (exact) mass is 252 g/mol. The van der Waals surface area contributed by atoms with Gasteiger partial charge in [-0.15, -0.1) is 0 Å². The zero-order valence-electron chi connectivity index (χ0n) is 8.96. The van der Waals surface area contributed by atoms with Crippen LogP contribution in [0.25, 0.3) is 0 Å². The molecule has 0 aromatic heterocycles. The second-order valence-electron chi connectivity index (χ2n) is 3.77. The fourth-order valence-electron chi connectivity index (χ4n) is 1.59. The highest BCUT2D eigenvalue weighted by atomic mass is 32.2. The maximum atomic E-state index is 11.7. The number of aliphatic hydroxyl groups is 1. The number of β-amino-alcohol motifs (C(OH)–C–C–N with tert-alkyl or cyclic N) is 1. The Labute approximate surface area is 94.1 Å². The van der Waals surface area contributed by atoms with Gasteiger partial charge in [0.25, 0.3) is 0 Å². The van der Waals surface area contributed by atoms with Gasteiger partial charge in [0.15, 0.2) is 0 Å². The van der Waals surface area contributed by atoms with Crippen molar-refractivity contribution in [2.75, 3.05) is 25.9 Å². The molecule has 1 rings (SSSR count). The molecular weight excluding hydrogens is 236 g/mol. The van der Waals surface area contributed by atoms with Gasteiger partial charge in [0.05, 0.1) is 24.3 Å². The molecule has 0 unspecified atom stereocenters. The highest BCUT2D eigenvalue weighted by Gasteiger charge is 2.34. The van der Waals surface area contributed by atoms with Crippen LogP contribution in [0, 0.1) is 0 Å². The first-order valence-electron chi connectivity index (χ1n) is 4.91. The van der Waals surface area contributed by atoms with Crippen molar-refractivity contribution >= 4 is 16.0 Å². The fraction of sp³-hybridized carbons (Fsp3) is 0.875. The molecule has 0 amide bonds. The van der Waals surface area contributed by atoms with Gasteiger partial charge >= 0.3 is 5.97 Å². The molecule has 0 bridgehead atoms. The number of aliphatic carboxylic acids is 1. The van der Waals surface area contributed by atoms with Gasteiger partial charge in [0.1, 0.15) is 0 Å². The van der Waals surface area contributed by atoms with Crippen LogP contribution >= 0.6 is 0 Å². The van der Waals surface area contributed by atoms with Crippen LogP contribution in [0.15, 0.2) is 0 Å². The number of rotatable bonds is 5. The fourth-order valence-corrected chi connectivity index (χ4v) is 2.94. The first-order valence-corrected chi connectivity index (χ1v) is 6.52. The summed E-state index contributed by atoms with van der Waals surface area (Å²) in [6, 6.07) is -0.515. The summed E-state index contributed by atoms with van der Waals surface area (Å²) in [7, 11) is -2.26. The number of carboxylic acid groups (broad SMARTS) is 1. The van der Waals surface area contributed by atoms with E-state index in [0.717, 1.165) is 4.31 Å². The zero-order valence-corrected chi connectivity index (χ0v) is 9.77. The average molecular weight is 252 g/mol. The Morgan fingerprint density at radius 3 is 2.56 bits per heavy atom. The van der Waals surface area contributed by atoms with E-state index >= 15 is 0 Å². The summed E-state index contributed by atoms with van der Waals surface area (Å²) in [4.78, 5) is 10.3. The Hall–Kier alpha value is -0.700. The molecular formula is C8H16N2O5S. The first kappa shape index (κ1) is 13.4. The smallest absolute Gasteiger partial charge is 0.304 e. The van der Waals surface area contributed by atoms with Crippen molar-refractivity contribution in [3.8, 4) is 0 Å². The number of aliphatic hydroxyl groups excluding tert-OH is 1. The van der Waals surface area contributed by atoms with Crippen LogP contribution in [-0.2, 0) is 14.8 Å². The Balaban J connectivity index is 2.64. The molecule has 1 fully saturated rings. The maximum absolute atomic E-state index is 11.7. The molecule has 1 aliphatic rings. The number of nitrogens with zero attached hydrogens (tertiary/aromatic N) is 1. The second-order valence-corrected chi connectivity index (χ2v) is 5.92. The minimum atomic E-state index is -3.62. The molecule has 0 aromatic rings. The van der Waals surface area contributed by atoms with Crippen molar-refractivity contribution in [2.45, 2.75) is 18.6 Å². The Kier molecular flexibility index (Phi) is 4.25. The molecule has 0 aliphatic carbocycles. The van der Waals surface area contributed by atoms with E-state index < -0.39 is 40.3 Å². The predicted octanol–water partition coefficient (Wildman–Crippen LogP) is -1.94. The van der Waals surface area contributed by atoms with Crippen LogP contribution in [0.4, 0.5) is 0 Å². The van der Waals surface area contributed by atoms with Crippen LogP contribution in [0.2, 0.25) is 0 Å². The second kappa shape index (κ2) is 5.09. The van der Waals surface area contributed by atoms with Gasteiger partial charge < -0.3 is 15.5 Å². The van der Waals surface area contributed by atoms with E-state index in [1.807, 2.05) is 0 Å². The normalized spacial score (nSPS) is 26.2. The minimum absolute atomic E-state index is 0.351. The molecule has 1 heterocycles. The van der Waals surface area contributed by atoms with E-state index in [1.54, 1.807) is 0 Å². The summed E-state index contributed by atoms with van der Waals surface area (Å²) in [6.07, 6.45) is -1.17. The number of carboxylic acids is 1. The summed E-state index contributed by atoms with van der Waals surface area (Å²) >= 11 is 0. The van der Waals surface area contributed by atoms with Gasteiger partial charge in [-0.05, 0) is 0 Å². The molecule has 16 heavy (non-hydrogen) atoms. The molecule has 0 spiro atoms. The summed E-state index contributed by atoms with van der Waals surface area (Å²) < 4.78 is 24.4. The van der Waals surface area contributed by atoms with Crippen LogP contribution in [-0.4, -0.2) is 66.9 Å². The largest absolute Gasteiger partial charge is 0.481 e. The van der Waals surface area contributed by atoms with Gasteiger partial charge in [-0.25, -0.2) is 8.42 Å². The van der Waals surface area contributed by atoms with Gasteiger partial charge in [0, 0.05) is 20.1 Å². The third-order valence-corrected chi connectivity index (χ3v) is 4.50. The van der Waals surface area contributed by atoms with Gasteiger partial charge in [-0.1, -0.05) is 0 Å². The first-order chi connectivity index (χ1) is 7.34. The molecule has 1 saturated heterocycles. The van der Waals surface area contributed by atoms with Crippen LogP contribution in [0.3, 0.4) is 0 Å². The summed E-state index contributed by atoms with van der Waals surface area (Å²) in [5, 5.41) is 20.8. The van der Waals surface area contributed by atoms with Gasteiger partial charge in [-0.2, -0.15) is 4.31 Å². The summed E-state index contributed by atoms with van der Waals surface area (Å²) in [6.45, 7) is 0.730. The van der Waals surface area contributed by atoms with Crippen molar-refractivity contribution < 1.29 is 23.4 Å². The molecule has 94 valence electrons. The topological polar surface area (TPSA) is 107 Å². The van der Waals surface area contributed by atoms with Crippen LogP contribution in [0.5, 0.6) is 0 Å². The van der Waals surface area contributed by atoms with E-state index in [0.29, 0.717) is 13.1 Å². The van der Waals surface area contributed by atoms with E-state index in [9.17, 15) is 18.3 Å². The number of likely N-dealkylation sites (N-methyl/N-ethyl adjacent to an activating group) is 1. The molecule has 7 nitrogen and oxygen atoms in total. The molecule has 0 radical (unpaired) electrons. The van der Waals surface area contributed by atoms with Gasteiger partial charge in [-0.3, -0.25) is 4.79 Å². The maximum Gasteiger partial charge on any atom is 0.304 e. The lowest BCUT2D eigenvalue weighted by atomic mass is 10.2. The quantitative estimate of drug-likeness (QED) is 0.525. The van der Waals surface area contributed by atoms with E-state index in [4.69, 9.17) is 5.11 Å². The SMILES string of the molecule is CN([C@@H]1CNC[C@H]1O)S(=O)(=O)CCC(=O)O. The Morgan fingerprint density at radius 1 is 1.50 bits per heavy atom. The molecule has 0 aromatic carbocycles. The number of hydrogen-bond acceptors (Lipinski definition) is 5. The van der Waals surface area contributed by atoms with E-state index in [-0.39, 0.29) is 0 Å². The lowest BCUT2D eigenvalue weighted by Gasteiger charge is -2.25. The van der Waals surface area contributed by atoms with E-state index in [2.05, 4.69) is 5.32 Å².